The van der Waals surface area contributed by atoms with E-state index in [4.69, 9.17) is 18.9 Å². The van der Waals surface area contributed by atoms with E-state index in [1.807, 2.05) is 0 Å². The van der Waals surface area contributed by atoms with E-state index in [0.717, 1.165) is 0 Å². The summed E-state index contributed by atoms with van der Waals surface area (Å²) >= 11 is 0. The van der Waals surface area contributed by atoms with Crippen molar-refractivity contribution in [2.45, 2.75) is 12.7 Å². The largest absolute Gasteiger partial charge is 0.508 e. The van der Waals surface area contributed by atoms with E-state index in [1.165, 1.54) is 39.5 Å². The molecule has 1 aliphatic rings. The van der Waals surface area contributed by atoms with Crippen molar-refractivity contribution in [3.05, 3.63) is 40.5 Å². The highest BCUT2D eigenvalue weighted by Crippen LogP contribution is 2.45. The van der Waals surface area contributed by atoms with Gasteiger partial charge < -0.3 is 34.3 Å². The molecule has 26 heavy (non-hydrogen) atoms. The summed E-state index contributed by atoms with van der Waals surface area (Å²) in [4.78, 5) is 11.8. The van der Waals surface area contributed by atoms with Crippen LogP contribution >= 0.6 is 0 Å². The van der Waals surface area contributed by atoms with Crippen molar-refractivity contribution in [3.8, 4) is 28.7 Å². The van der Waals surface area contributed by atoms with E-state index in [2.05, 4.69) is 0 Å². The zero-order chi connectivity index (χ0) is 19.0. The Kier molecular flexibility index (Phi) is 4.52. The summed E-state index contributed by atoms with van der Waals surface area (Å²) in [5.41, 5.74) is 0.677. The number of methoxy groups -OCH3 is 3. The first-order chi connectivity index (χ1) is 12.4. The molecule has 0 saturated carbocycles. The molecule has 0 aromatic heterocycles. The quantitative estimate of drug-likeness (QED) is 0.694. The molecule has 0 spiro atoms. The molecule has 2 aromatic rings. The first kappa shape index (κ1) is 17.7. The third kappa shape index (κ3) is 2.74. The third-order valence-electron chi connectivity index (χ3n) is 4.26. The highest BCUT2D eigenvalue weighted by Gasteiger charge is 2.36. The van der Waals surface area contributed by atoms with Crippen LogP contribution < -0.4 is 9.47 Å². The number of hydrogen-bond donors (Lipinski definition) is 3. The van der Waals surface area contributed by atoms with E-state index < -0.39 is 12.3 Å². The van der Waals surface area contributed by atoms with Crippen molar-refractivity contribution < 1.29 is 39.1 Å². The van der Waals surface area contributed by atoms with Crippen molar-refractivity contribution in [2.75, 3.05) is 21.3 Å². The lowest BCUT2D eigenvalue weighted by Gasteiger charge is -2.15. The maximum Gasteiger partial charge on any atom is 0.341 e. The molecule has 0 fully saturated rings. The normalized spacial score (nSPS) is 15.5. The highest BCUT2D eigenvalue weighted by molar-refractivity contribution is 5.95. The molecule has 0 amide bonds. The van der Waals surface area contributed by atoms with Crippen LogP contribution in [0.25, 0.3) is 0 Å². The summed E-state index contributed by atoms with van der Waals surface area (Å²) in [5, 5.41) is 31.1. The van der Waals surface area contributed by atoms with Gasteiger partial charge in [-0.3, -0.25) is 0 Å². The van der Waals surface area contributed by atoms with Gasteiger partial charge in [0.05, 0.1) is 25.3 Å². The number of benzene rings is 2. The van der Waals surface area contributed by atoms with Crippen molar-refractivity contribution in [1.29, 1.82) is 0 Å². The second kappa shape index (κ2) is 6.64. The number of phenolic OH excluding ortho intramolecular Hbond substituents is 3. The Labute approximate surface area is 149 Å². The predicted octanol–water partition coefficient (Wildman–Crippen LogP) is 2.23. The van der Waals surface area contributed by atoms with Crippen molar-refractivity contribution in [2.24, 2.45) is 0 Å². The van der Waals surface area contributed by atoms with Gasteiger partial charge in [-0.1, -0.05) is 0 Å². The number of cyclic esters (lactones) is 1. The average molecular weight is 362 g/mol. The molecule has 3 N–H and O–H groups in total. The summed E-state index contributed by atoms with van der Waals surface area (Å²) < 4.78 is 20.4. The summed E-state index contributed by atoms with van der Waals surface area (Å²) in [5.74, 6) is -0.699. The van der Waals surface area contributed by atoms with Crippen LogP contribution in [0, 0.1) is 0 Å². The molecule has 8 nitrogen and oxygen atoms in total. The molecule has 1 aliphatic heterocycles. The monoisotopic (exact) mass is 362 g/mol. The van der Waals surface area contributed by atoms with Gasteiger partial charge >= 0.3 is 5.97 Å². The van der Waals surface area contributed by atoms with Gasteiger partial charge in [0, 0.05) is 30.7 Å². The maximum atomic E-state index is 11.8. The Bertz CT molecular complexity index is 874. The maximum absolute atomic E-state index is 11.8. The molecule has 0 saturated heterocycles. The van der Waals surface area contributed by atoms with Crippen LogP contribution in [0.4, 0.5) is 0 Å². The van der Waals surface area contributed by atoms with Crippen molar-refractivity contribution >= 4 is 5.97 Å². The van der Waals surface area contributed by atoms with Crippen LogP contribution in [0.3, 0.4) is 0 Å². The fourth-order valence-corrected chi connectivity index (χ4v) is 2.92. The number of hydrogen-bond acceptors (Lipinski definition) is 8. The second-order valence-corrected chi connectivity index (χ2v) is 5.67. The first-order valence-corrected chi connectivity index (χ1v) is 7.66. The molecule has 0 radical (unpaired) electrons. The van der Waals surface area contributed by atoms with E-state index in [0.29, 0.717) is 17.1 Å². The molecule has 0 aliphatic carbocycles. The number of ether oxygens (including phenoxy) is 4. The Hall–Kier alpha value is -3.13. The highest BCUT2D eigenvalue weighted by atomic mass is 16.7. The zero-order valence-electron chi connectivity index (χ0n) is 14.4. The molecular formula is C18H18O8. The van der Waals surface area contributed by atoms with Gasteiger partial charge in [-0.15, -0.1) is 0 Å². The number of phenols is 3. The fourth-order valence-electron chi connectivity index (χ4n) is 2.92. The molecular weight excluding hydrogens is 344 g/mol. The van der Waals surface area contributed by atoms with Crippen molar-refractivity contribution in [3.63, 3.8) is 0 Å². The van der Waals surface area contributed by atoms with Gasteiger partial charge in [-0.05, 0) is 12.1 Å². The molecule has 0 unspecified atom stereocenters. The molecule has 2 aromatic carbocycles. The molecule has 0 bridgehead atoms. The predicted molar refractivity (Wildman–Crippen MR) is 89.0 cm³/mol. The Morgan fingerprint density at radius 2 is 1.65 bits per heavy atom. The van der Waals surface area contributed by atoms with Crippen LogP contribution in [0.15, 0.2) is 18.2 Å². The van der Waals surface area contributed by atoms with Crippen LogP contribution in [0.5, 0.6) is 28.7 Å². The Morgan fingerprint density at radius 3 is 2.27 bits per heavy atom. The van der Waals surface area contributed by atoms with E-state index >= 15 is 0 Å². The summed E-state index contributed by atoms with van der Waals surface area (Å²) in [6.07, 6.45) is -1.09. The Morgan fingerprint density at radius 1 is 1.00 bits per heavy atom. The van der Waals surface area contributed by atoms with Crippen LogP contribution in [0.1, 0.15) is 33.3 Å². The second-order valence-electron chi connectivity index (χ2n) is 5.67. The zero-order valence-corrected chi connectivity index (χ0v) is 14.4. The number of fused-ring (bicyclic) bond motifs is 1. The van der Waals surface area contributed by atoms with Gasteiger partial charge in [-0.2, -0.15) is 0 Å². The minimum Gasteiger partial charge on any atom is -0.508 e. The molecule has 8 heteroatoms. The minimum absolute atomic E-state index is 0.0260. The van der Waals surface area contributed by atoms with Gasteiger partial charge in [0.2, 0.25) is 6.29 Å². The lowest BCUT2D eigenvalue weighted by molar-refractivity contribution is -0.0823. The third-order valence-corrected chi connectivity index (χ3v) is 4.26. The van der Waals surface area contributed by atoms with Crippen LogP contribution in [-0.4, -0.2) is 42.6 Å². The van der Waals surface area contributed by atoms with Gasteiger partial charge in [0.25, 0.3) is 0 Å². The van der Waals surface area contributed by atoms with Crippen LogP contribution in [-0.2, 0) is 15.9 Å². The smallest absolute Gasteiger partial charge is 0.341 e. The lowest BCUT2D eigenvalue weighted by Crippen LogP contribution is -2.01. The number of esters is 1. The first-order valence-electron chi connectivity index (χ1n) is 7.66. The van der Waals surface area contributed by atoms with Gasteiger partial charge in [-0.25, -0.2) is 4.79 Å². The summed E-state index contributed by atoms with van der Waals surface area (Å²) in [6, 6.07) is 4.12. The molecule has 3 rings (SSSR count). The van der Waals surface area contributed by atoms with E-state index in [9.17, 15) is 20.1 Å². The topological polar surface area (TPSA) is 115 Å². The van der Waals surface area contributed by atoms with E-state index in [-0.39, 0.29) is 40.4 Å². The minimum atomic E-state index is -1.06. The van der Waals surface area contributed by atoms with Crippen LogP contribution in [0.2, 0.25) is 0 Å². The molecule has 1 atom stereocenters. The van der Waals surface area contributed by atoms with E-state index in [1.54, 1.807) is 0 Å². The number of carbonyl (C=O) groups is 1. The Balaban J connectivity index is 2.08. The molecule has 1 heterocycles. The number of aromatic hydroxyl groups is 3. The average Bonchev–Trinajstić information content (AvgIpc) is 2.95. The molecule has 138 valence electrons. The summed E-state index contributed by atoms with van der Waals surface area (Å²) in [6.45, 7) is 0. The van der Waals surface area contributed by atoms with Crippen molar-refractivity contribution in [1.82, 2.24) is 0 Å². The SMILES string of the molecule is COc1cc(O)c(Cc2c(O)cc3c(c2O)[C@H](OC)OC3=O)cc1OC. The van der Waals surface area contributed by atoms with Gasteiger partial charge in [0.15, 0.2) is 11.5 Å². The summed E-state index contributed by atoms with van der Waals surface area (Å²) in [7, 11) is 4.23. The number of carbonyl (C=O) groups excluding carboxylic acids is 1. The van der Waals surface area contributed by atoms with Gasteiger partial charge in [0.1, 0.15) is 17.2 Å². The lowest BCUT2D eigenvalue weighted by atomic mass is 9.96. The number of rotatable bonds is 5. The standard InChI is InChI=1S/C18H18O8/c1-23-13-5-8(11(19)7-14(13)24-2)4-9-12(20)6-10-15(16(9)21)18(25-3)26-17(10)22/h5-7,18-21H,4H2,1-3H3/t18-/m1/s1. The fraction of sp³-hybridized carbons (Fsp3) is 0.278.